The van der Waals surface area contributed by atoms with Gasteiger partial charge in [0.25, 0.3) is 0 Å². The number of fused-ring (bicyclic) bond motifs is 3. The average Bonchev–Trinajstić information content (AvgIpc) is 3.55. The molecule has 2 atom stereocenters. The van der Waals surface area contributed by atoms with Crippen LogP contribution in [0.1, 0.15) is 23.1 Å². The van der Waals surface area contributed by atoms with Gasteiger partial charge in [0, 0.05) is 19.6 Å². The van der Waals surface area contributed by atoms with Crippen LogP contribution in [-0.4, -0.2) is 65.6 Å². The molecule has 3 heterocycles. The molecule has 2 amide bonds. The summed E-state index contributed by atoms with van der Waals surface area (Å²) in [6.07, 6.45) is 0.412. The Balaban J connectivity index is 1.14. The quantitative estimate of drug-likeness (QED) is 0.442. The largest absolute Gasteiger partial charge is 0.454 e. The van der Waals surface area contributed by atoms with Gasteiger partial charge in [-0.1, -0.05) is 66.7 Å². The summed E-state index contributed by atoms with van der Waals surface area (Å²) in [4.78, 5) is 29.0. The van der Waals surface area contributed by atoms with Crippen molar-refractivity contribution in [1.82, 2.24) is 14.9 Å². The first-order valence-electron chi connectivity index (χ1n) is 13.2. The molecule has 0 radical (unpaired) electrons. The molecule has 2 fully saturated rings. The van der Waals surface area contributed by atoms with Gasteiger partial charge in [0.05, 0.1) is 12.1 Å². The number of carbonyl (C=O) groups is 2. The van der Waals surface area contributed by atoms with Gasteiger partial charge in [0.15, 0.2) is 11.5 Å². The fourth-order valence-electron chi connectivity index (χ4n) is 5.45. The summed E-state index contributed by atoms with van der Waals surface area (Å²) < 4.78 is 22.3. The van der Waals surface area contributed by atoms with Crippen LogP contribution in [-0.2, 0) is 29.1 Å². The van der Waals surface area contributed by atoms with Crippen LogP contribution < -0.4 is 9.47 Å². The first kappa shape index (κ1) is 25.1. The Morgan fingerprint density at radius 2 is 1.28 bits per heavy atom. The summed E-state index contributed by atoms with van der Waals surface area (Å²) in [6.45, 7) is 2.59. The van der Waals surface area contributed by atoms with Gasteiger partial charge in [-0.15, -0.1) is 0 Å². The minimum absolute atomic E-state index is 0.133. The molecule has 2 unspecified atom stereocenters. The maximum absolute atomic E-state index is 13.4. The zero-order valence-electron chi connectivity index (χ0n) is 21.6. The lowest BCUT2D eigenvalue weighted by molar-refractivity contribution is -0.0199. The molecular weight excluding hydrogens is 498 g/mol. The summed E-state index contributed by atoms with van der Waals surface area (Å²) in [5, 5.41) is 2.95. The monoisotopic (exact) mass is 529 g/mol. The second-order valence-electron chi connectivity index (χ2n) is 10.0. The Hall–Kier alpha value is -4.24. The van der Waals surface area contributed by atoms with Crippen LogP contribution in [0.3, 0.4) is 0 Å². The second kappa shape index (κ2) is 11.2. The van der Waals surface area contributed by atoms with Gasteiger partial charge in [0.1, 0.15) is 13.2 Å². The van der Waals surface area contributed by atoms with Gasteiger partial charge < -0.3 is 18.9 Å². The minimum Gasteiger partial charge on any atom is -0.454 e. The van der Waals surface area contributed by atoms with E-state index in [0.717, 1.165) is 41.2 Å². The third-order valence-corrected chi connectivity index (χ3v) is 7.34. The highest BCUT2D eigenvalue weighted by molar-refractivity contribution is 5.76. The lowest BCUT2D eigenvalue weighted by Gasteiger charge is -2.30. The number of hydrogen-bond acceptors (Lipinski definition) is 7. The third-order valence-electron chi connectivity index (χ3n) is 7.34. The van der Waals surface area contributed by atoms with Crippen molar-refractivity contribution in [3.05, 3.63) is 95.6 Å². The first-order chi connectivity index (χ1) is 19.1. The highest BCUT2D eigenvalue weighted by Gasteiger charge is 2.50. The second-order valence-corrected chi connectivity index (χ2v) is 10.0. The molecule has 39 heavy (non-hydrogen) atoms. The number of nitrogens with zero attached hydrogens (tertiary/aromatic N) is 3. The van der Waals surface area contributed by atoms with E-state index in [9.17, 15) is 9.59 Å². The molecule has 202 valence electrons. The molecule has 0 N–H and O–H groups in total. The van der Waals surface area contributed by atoms with E-state index in [0.29, 0.717) is 19.5 Å². The highest BCUT2D eigenvalue weighted by atomic mass is 16.7. The molecule has 6 rings (SSSR count). The maximum Gasteiger partial charge on any atom is 0.429 e. The predicted molar refractivity (Wildman–Crippen MR) is 142 cm³/mol. The van der Waals surface area contributed by atoms with E-state index < -0.39 is 12.2 Å². The summed E-state index contributed by atoms with van der Waals surface area (Å²) >= 11 is 0. The number of hydrogen-bond donors (Lipinski definition) is 0. The fraction of sp³-hybridized carbons (Fsp3) is 0.333. The van der Waals surface area contributed by atoms with Gasteiger partial charge in [0.2, 0.25) is 6.79 Å². The molecule has 9 heteroatoms. The molecule has 3 aromatic carbocycles. The number of benzene rings is 3. The van der Waals surface area contributed by atoms with Crippen LogP contribution in [0.4, 0.5) is 9.59 Å². The van der Waals surface area contributed by atoms with E-state index in [1.54, 1.807) is 0 Å². The number of amides is 2. The molecule has 0 spiro atoms. The molecule has 2 saturated heterocycles. The van der Waals surface area contributed by atoms with Crippen LogP contribution in [0, 0.1) is 0 Å². The summed E-state index contributed by atoms with van der Waals surface area (Å²) in [5.41, 5.74) is 2.92. The van der Waals surface area contributed by atoms with E-state index in [1.165, 1.54) is 10.0 Å². The van der Waals surface area contributed by atoms with Gasteiger partial charge in [-0.2, -0.15) is 0 Å². The van der Waals surface area contributed by atoms with Crippen LogP contribution in [0.2, 0.25) is 0 Å². The number of hydrazine groups is 1. The van der Waals surface area contributed by atoms with Gasteiger partial charge in [-0.05, 0) is 41.7 Å². The smallest absolute Gasteiger partial charge is 0.429 e. The lowest BCUT2D eigenvalue weighted by atomic mass is 10.0. The van der Waals surface area contributed by atoms with Crippen LogP contribution in [0.25, 0.3) is 0 Å². The van der Waals surface area contributed by atoms with Crippen molar-refractivity contribution in [2.24, 2.45) is 0 Å². The van der Waals surface area contributed by atoms with Gasteiger partial charge in [-0.3, -0.25) is 4.90 Å². The molecule has 3 aliphatic heterocycles. The summed E-state index contributed by atoms with van der Waals surface area (Å²) in [7, 11) is 0. The normalized spacial score (nSPS) is 19.7. The molecule has 2 bridgehead atoms. The zero-order chi connectivity index (χ0) is 26.6. The highest BCUT2D eigenvalue weighted by Crippen LogP contribution is 2.34. The zero-order valence-corrected chi connectivity index (χ0v) is 21.6. The van der Waals surface area contributed by atoms with E-state index in [-0.39, 0.29) is 32.1 Å². The molecule has 0 aromatic heterocycles. The maximum atomic E-state index is 13.4. The minimum atomic E-state index is -0.541. The standard InChI is InChI=1S/C30H31N3O6/c34-29(36-19-23-7-3-1-4-8-23)32-25-16-26(33(32)30(35)37-20-24-9-5-2-6-10-24)18-31(17-25)14-13-22-11-12-27-28(15-22)39-21-38-27/h1-12,15,25-26H,13-14,16-21H2. The summed E-state index contributed by atoms with van der Waals surface area (Å²) in [6, 6.07) is 24.7. The first-order valence-corrected chi connectivity index (χ1v) is 13.2. The molecular formula is C30H31N3O6. The van der Waals surface area contributed by atoms with Crippen LogP contribution in [0.5, 0.6) is 11.5 Å². The number of likely N-dealkylation sites (tertiary alicyclic amines) is 1. The predicted octanol–water partition coefficient (Wildman–Crippen LogP) is 4.61. The van der Waals surface area contributed by atoms with E-state index >= 15 is 0 Å². The van der Waals surface area contributed by atoms with E-state index in [4.69, 9.17) is 18.9 Å². The number of piperidine rings is 1. The van der Waals surface area contributed by atoms with Crippen LogP contribution >= 0.6 is 0 Å². The SMILES string of the molecule is O=C(OCc1ccccc1)N1C2CC(CN(CCc3ccc4c(c3)OCO4)C2)N1C(=O)OCc1ccccc1. The average molecular weight is 530 g/mol. The molecule has 9 nitrogen and oxygen atoms in total. The fourth-order valence-corrected chi connectivity index (χ4v) is 5.45. The van der Waals surface area contributed by atoms with Crippen molar-refractivity contribution < 1.29 is 28.5 Å². The Labute approximate surface area is 227 Å². The number of rotatable bonds is 7. The molecule has 3 aromatic rings. The number of carbonyl (C=O) groups excluding carboxylic acids is 2. The Morgan fingerprint density at radius 3 is 1.87 bits per heavy atom. The van der Waals surface area contributed by atoms with Crippen molar-refractivity contribution in [1.29, 1.82) is 0 Å². The lowest BCUT2D eigenvalue weighted by Crippen LogP contribution is -2.50. The van der Waals surface area contributed by atoms with Crippen molar-refractivity contribution in [3.8, 4) is 11.5 Å². The Kier molecular flexibility index (Phi) is 7.23. The van der Waals surface area contributed by atoms with E-state index in [1.807, 2.05) is 78.9 Å². The van der Waals surface area contributed by atoms with Crippen molar-refractivity contribution in [3.63, 3.8) is 0 Å². The molecule has 3 aliphatic rings. The van der Waals surface area contributed by atoms with E-state index in [2.05, 4.69) is 4.90 Å². The summed E-state index contributed by atoms with van der Waals surface area (Å²) in [5.74, 6) is 1.54. The van der Waals surface area contributed by atoms with Crippen molar-refractivity contribution in [2.45, 2.75) is 38.1 Å². The molecule has 0 saturated carbocycles. The molecule has 0 aliphatic carbocycles. The van der Waals surface area contributed by atoms with Gasteiger partial charge in [-0.25, -0.2) is 19.6 Å². The third kappa shape index (κ3) is 5.63. The Morgan fingerprint density at radius 1 is 0.718 bits per heavy atom. The number of ether oxygens (including phenoxy) is 4. The topological polar surface area (TPSA) is 80.8 Å². The van der Waals surface area contributed by atoms with Gasteiger partial charge >= 0.3 is 12.2 Å². The van der Waals surface area contributed by atoms with Crippen molar-refractivity contribution >= 4 is 12.2 Å². The van der Waals surface area contributed by atoms with Crippen LogP contribution in [0.15, 0.2) is 78.9 Å². The Bertz CT molecular complexity index is 1240. The van der Waals surface area contributed by atoms with Crippen molar-refractivity contribution in [2.75, 3.05) is 26.4 Å².